The van der Waals surface area contributed by atoms with Gasteiger partial charge in [-0.2, -0.15) is 0 Å². The van der Waals surface area contributed by atoms with Crippen LogP contribution in [0.15, 0.2) is 12.1 Å². The van der Waals surface area contributed by atoms with Crippen molar-refractivity contribution in [3.05, 3.63) is 23.4 Å². The molecule has 1 aromatic rings. The molecule has 0 unspecified atom stereocenters. The van der Waals surface area contributed by atoms with Gasteiger partial charge >= 0.3 is 0 Å². The van der Waals surface area contributed by atoms with Crippen LogP contribution in [-0.2, 0) is 13.0 Å². The highest BCUT2D eigenvalue weighted by molar-refractivity contribution is 5.44. The molecule has 1 saturated heterocycles. The molecule has 3 heteroatoms. The van der Waals surface area contributed by atoms with Gasteiger partial charge in [0.05, 0.1) is 6.61 Å². The van der Waals surface area contributed by atoms with Gasteiger partial charge in [-0.3, -0.25) is 0 Å². The van der Waals surface area contributed by atoms with Crippen molar-refractivity contribution in [2.45, 2.75) is 46.6 Å². The van der Waals surface area contributed by atoms with Crippen molar-refractivity contribution in [3.8, 4) is 0 Å². The SMILES string of the molecule is CCCc1cc(CO)cc(N2CCC(C)(C)C2)n1. The summed E-state index contributed by atoms with van der Waals surface area (Å²) in [6.07, 6.45) is 3.28. The molecule has 2 heterocycles. The molecule has 1 aliphatic heterocycles. The average molecular weight is 248 g/mol. The maximum atomic E-state index is 9.35. The molecule has 1 N–H and O–H groups in total. The lowest BCUT2D eigenvalue weighted by molar-refractivity contribution is 0.281. The van der Waals surface area contributed by atoms with E-state index in [1.54, 1.807) is 0 Å². The Bertz CT molecular complexity index is 415. The summed E-state index contributed by atoms with van der Waals surface area (Å²) in [5.74, 6) is 1.04. The number of hydrogen-bond acceptors (Lipinski definition) is 3. The Kier molecular flexibility index (Phi) is 3.91. The lowest BCUT2D eigenvalue weighted by Gasteiger charge is -2.21. The number of aliphatic hydroxyl groups excluding tert-OH is 1. The average Bonchev–Trinajstić information content (AvgIpc) is 2.70. The Morgan fingerprint density at radius 3 is 2.72 bits per heavy atom. The Morgan fingerprint density at radius 2 is 2.17 bits per heavy atom. The van der Waals surface area contributed by atoms with E-state index in [0.717, 1.165) is 43.0 Å². The van der Waals surface area contributed by atoms with Crippen LogP contribution < -0.4 is 4.90 Å². The Balaban J connectivity index is 2.24. The Hall–Kier alpha value is -1.09. The fourth-order valence-electron chi connectivity index (χ4n) is 2.58. The van der Waals surface area contributed by atoms with Crippen LogP contribution in [0, 0.1) is 5.41 Å². The minimum atomic E-state index is 0.101. The Morgan fingerprint density at radius 1 is 1.39 bits per heavy atom. The summed E-state index contributed by atoms with van der Waals surface area (Å²) >= 11 is 0. The fraction of sp³-hybridized carbons (Fsp3) is 0.667. The van der Waals surface area contributed by atoms with Crippen LogP contribution in [0.1, 0.15) is 44.9 Å². The van der Waals surface area contributed by atoms with Gasteiger partial charge in [-0.1, -0.05) is 27.2 Å². The second-order valence-electron chi connectivity index (χ2n) is 6.07. The van der Waals surface area contributed by atoms with Crippen LogP contribution >= 0.6 is 0 Å². The molecule has 2 rings (SSSR count). The van der Waals surface area contributed by atoms with Gasteiger partial charge in [0.2, 0.25) is 0 Å². The third-order valence-corrected chi connectivity index (χ3v) is 3.61. The Labute approximate surface area is 110 Å². The summed E-state index contributed by atoms with van der Waals surface area (Å²) in [4.78, 5) is 7.08. The normalized spacial score (nSPS) is 18.3. The summed E-state index contributed by atoms with van der Waals surface area (Å²) in [5, 5.41) is 9.35. The molecule has 0 bridgehead atoms. The zero-order valence-electron chi connectivity index (χ0n) is 11.7. The molecule has 3 nitrogen and oxygen atoms in total. The number of aryl methyl sites for hydroxylation is 1. The van der Waals surface area contributed by atoms with Gasteiger partial charge in [0.25, 0.3) is 0 Å². The highest BCUT2D eigenvalue weighted by atomic mass is 16.3. The molecule has 0 saturated carbocycles. The van der Waals surface area contributed by atoms with E-state index in [9.17, 15) is 5.11 Å². The summed E-state index contributed by atoms with van der Waals surface area (Å²) in [7, 11) is 0. The van der Waals surface area contributed by atoms with Crippen LogP contribution in [0.5, 0.6) is 0 Å². The molecule has 0 aromatic carbocycles. The molecule has 1 aliphatic rings. The molecule has 0 amide bonds. The minimum Gasteiger partial charge on any atom is -0.392 e. The van der Waals surface area contributed by atoms with Gasteiger partial charge in [0, 0.05) is 18.8 Å². The van der Waals surface area contributed by atoms with E-state index in [2.05, 4.69) is 25.7 Å². The topological polar surface area (TPSA) is 36.4 Å². The minimum absolute atomic E-state index is 0.101. The molecule has 1 fully saturated rings. The van der Waals surface area contributed by atoms with Crippen molar-refractivity contribution < 1.29 is 5.11 Å². The molecule has 0 radical (unpaired) electrons. The van der Waals surface area contributed by atoms with Crippen LogP contribution in [0.25, 0.3) is 0 Å². The number of hydrogen-bond donors (Lipinski definition) is 1. The highest BCUT2D eigenvalue weighted by Crippen LogP contribution is 2.32. The second kappa shape index (κ2) is 5.27. The predicted octanol–water partition coefficient (Wildman–Crippen LogP) is 2.76. The summed E-state index contributed by atoms with van der Waals surface area (Å²) < 4.78 is 0. The lowest BCUT2D eigenvalue weighted by Crippen LogP contribution is -2.24. The fourth-order valence-corrected chi connectivity index (χ4v) is 2.58. The smallest absolute Gasteiger partial charge is 0.129 e. The zero-order valence-corrected chi connectivity index (χ0v) is 11.7. The number of aromatic nitrogens is 1. The van der Waals surface area contributed by atoms with Gasteiger partial charge in [-0.05, 0) is 36.0 Å². The third-order valence-electron chi connectivity index (χ3n) is 3.61. The highest BCUT2D eigenvalue weighted by Gasteiger charge is 2.30. The molecular formula is C15H24N2O. The first-order valence-corrected chi connectivity index (χ1v) is 6.90. The van der Waals surface area contributed by atoms with Crippen molar-refractivity contribution in [1.29, 1.82) is 0 Å². The maximum absolute atomic E-state index is 9.35. The third kappa shape index (κ3) is 3.02. The predicted molar refractivity (Wildman–Crippen MR) is 74.8 cm³/mol. The number of anilines is 1. The number of pyridine rings is 1. The number of rotatable bonds is 4. The van der Waals surface area contributed by atoms with Crippen LogP contribution in [0.4, 0.5) is 5.82 Å². The quantitative estimate of drug-likeness (QED) is 0.890. The molecule has 100 valence electrons. The lowest BCUT2D eigenvalue weighted by atomic mass is 9.93. The molecular weight excluding hydrogens is 224 g/mol. The van der Waals surface area contributed by atoms with Crippen molar-refractivity contribution in [1.82, 2.24) is 4.98 Å². The van der Waals surface area contributed by atoms with Crippen LogP contribution in [0.3, 0.4) is 0 Å². The first kappa shape index (κ1) is 13.3. The van der Waals surface area contributed by atoms with Gasteiger partial charge in [0.15, 0.2) is 0 Å². The number of aliphatic hydroxyl groups is 1. The van der Waals surface area contributed by atoms with E-state index in [4.69, 9.17) is 4.98 Å². The van der Waals surface area contributed by atoms with Crippen molar-refractivity contribution in [2.75, 3.05) is 18.0 Å². The zero-order chi connectivity index (χ0) is 13.2. The maximum Gasteiger partial charge on any atom is 0.129 e. The largest absolute Gasteiger partial charge is 0.392 e. The van der Waals surface area contributed by atoms with Crippen LogP contribution in [0.2, 0.25) is 0 Å². The molecule has 18 heavy (non-hydrogen) atoms. The van der Waals surface area contributed by atoms with E-state index < -0.39 is 0 Å². The van der Waals surface area contributed by atoms with E-state index in [1.807, 2.05) is 12.1 Å². The first-order valence-electron chi connectivity index (χ1n) is 6.90. The standard InChI is InChI=1S/C15H24N2O/c1-4-5-13-8-12(10-18)9-14(16-13)17-7-6-15(2,3)11-17/h8-9,18H,4-7,10-11H2,1-3H3. The van der Waals surface area contributed by atoms with E-state index >= 15 is 0 Å². The monoisotopic (exact) mass is 248 g/mol. The first-order chi connectivity index (χ1) is 8.54. The molecule has 1 aromatic heterocycles. The molecule has 0 atom stereocenters. The number of nitrogens with zero attached hydrogens (tertiary/aromatic N) is 2. The second-order valence-corrected chi connectivity index (χ2v) is 6.07. The summed E-state index contributed by atoms with van der Waals surface area (Å²) in [6.45, 7) is 8.99. The van der Waals surface area contributed by atoms with Gasteiger partial charge in [-0.15, -0.1) is 0 Å². The van der Waals surface area contributed by atoms with Crippen molar-refractivity contribution in [3.63, 3.8) is 0 Å². The van der Waals surface area contributed by atoms with Gasteiger partial charge in [0.1, 0.15) is 5.82 Å². The molecule has 0 spiro atoms. The van der Waals surface area contributed by atoms with Crippen molar-refractivity contribution in [2.24, 2.45) is 5.41 Å². The van der Waals surface area contributed by atoms with Crippen molar-refractivity contribution >= 4 is 5.82 Å². The van der Waals surface area contributed by atoms with Gasteiger partial charge < -0.3 is 10.0 Å². The van der Waals surface area contributed by atoms with E-state index in [1.165, 1.54) is 6.42 Å². The van der Waals surface area contributed by atoms with E-state index in [-0.39, 0.29) is 6.61 Å². The summed E-state index contributed by atoms with van der Waals surface area (Å²) in [6, 6.07) is 4.05. The van der Waals surface area contributed by atoms with Crippen LogP contribution in [-0.4, -0.2) is 23.2 Å². The molecule has 0 aliphatic carbocycles. The van der Waals surface area contributed by atoms with E-state index in [0.29, 0.717) is 5.41 Å². The summed E-state index contributed by atoms with van der Waals surface area (Å²) in [5.41, 5.74) is 2.46. The van der Waals surface area contributed by atoms with Gasteiger partial charge in [-0.25, -0.2) is 4.98 Å².